The Bertz CT molecular complexity index is 1180. The van der Waals surface area contributed by atoms with Gasteiger partial charge in [0.05, 0.1) is 23.3 Å². The standard InChI is InChI=1S/C20H23N5O4S/c1-2-13-6-7-18-17(9-13)19(24-29-18)20(26)23-15-10-22-25(12-15)11-14-4-3-5-16(8-14)30(21,27)28/h3-5,8,10,12-13H,2,6-7,9,11H2,1H3,(H,23,26)(H2,21,27,28). The normalized spacial score (nSPS) is 16.3. The number of rotatable bonds is 6. The Kier molecular flexibility index (Phi) is 5.44. The second-order valence-electron chi connectivity index (χ2n) is 7.52. The first-order chi connectivity index (χ1) is 14.3. The van der Waals surface area contributed by atoms with E-state index in [4.69, 9.17) is 9.66 Å². The molecule has 1 aromatic carbocycles. The van der Waals surface area contributed by atoms with Gasteiger partial charge in [-0.25, -0.2) is 13.6 Å². The van der Waals surface area contributed by atoms with E-state index in [-0.39, 0.29) is 10.8 Å². The van der Waals surface area contributed by atoms with Crippen LogP contribution in [0.5, 0.6) is 0 Å². The molecule has 1 aliphatic carbocycles. The van der Waals surface area contributed by atoms with Crippen molar-refractivity contribution in [1.29, 1.82) is 0 Å². The molecule has 1 atom stereocenters. The number of hydrogen-bond donors (Lipinski definition) is 2. The Morgan fingerprint density at radius 3 is 3.00 bits per heavy atom. The van der Waals surface area contributed by atoms with E-state index in [0.717, 1.165) is 42.6 Å². The molecule has 0 saturated heterocycles. The van der Waals surface area contributed by atoms with Gasteiger partial charge in [0.2, 0.25) is 10.0 Å². The van der Waals surface area contributed by atoms with Gasteiger partial charge in [-0.2, -0.15) is 5.10 Å². The minimum Gasteiger partial charge on any atom is -0.360 e. The van der Waals surface area contributed by atoms with Gasteiger partial charge in [-0.1, -0.05) is 30.6 Å². The number of amides is 1. The van der Waals surface area contributed by atoms with Crippen molar-refractivity contribution < 1.29 is 17.7 Å². The lowest BCUT2D eigenvalue weighted by atomic mass is 9.85. The third kappa shape index (κ3) is 4.29. The average molecular weight is 430 g/mol. The highest BCUT2D eigenvalue weighted by Crippen LogP contribution is 2.30. The average Bonchev–Trinajstić information content (AvgIpc) is 3.33. The molecular weight excluding hydrogens is 406 g/mol. The maximum absolute atomic E-state index is 12.7. The molecule has 3 aromatic rings. The van der Waals surface area contributed by atoms with E-state index in [2.05, 4.69) is 22.5 Å². The Labute approximate surface area is 174 Å². The molecule has 0 fully saturated rings. The molecule has 0 radical (unpaired) electrons. The molecule has 1 aliphatic rings. The van der Waals surface area contributed by atoms with E-state index in [1.807, 2.05) is 0 Å². The topological polar surface area (TPSA) is 133 Å². The van der Waals surface area contributed by atoms with Gasteiger partial charge in [0.1, 0.15) is 5.76 Å². The number of carbonyl (C=O) groups excluding carboxylic acids is 1. The van der Waals surface area contributed by atoms with Crippen LogP contribution in [0.4, 0.5) is 5.69 Å². The van der Waals surface area contributed by atoms with Gasteiger partial charge in [-0.05, 0) is 36.5 Å². The van der Waals surface area contributed by atoms with E-state index in [1.54, 1.807) is 23.0 Å². The molecule has 0 spiro atoms. The van der Waals surface area contributed by atoms with Crippen LogP contribution < -0.4 is 10.5 Å². The predicted molar refractivity (Wildman–Crippen MR) is 109 cm³/mol. The van der Waals surface area contributed by atoms with Gasteiger partial charge in [-0.15, -0.1) is 0 Å². The third-order valence-electron chi connectivity index (χ3n) is 5.40. The molecule has 2 aromatic heterocycles. The number of benzene rings is 1. The lowest BCUT2D eigenvalue weighted by molar-refractivity contribution is 0.101. The summed E-state index contributed by atoms with van der Waals surface area (Å²) in [6, 6.07) is 6.34. The number of nitrogens with one attached hydrogen (secondary N) is 1. The van der Waals surface area contributed by atoms with Crippen LogP contribution in [0.1, 0.15) is 47.1 Å². The van der Waals surface area contributed by atoms with Crippen LogP contribution in [0.25, 0.3) is 0 Å². The molecule has 1 unspecified atom stereocenters. The summed E-state index contributed by atoms with van der Waals surface area (Å²) < 4.78 is 30.0. The lowest BCUT2D eigenvalue weighted by Gasteiger charge is -2.19. The zero-order valence-electron chi connectivity index (χ0n) is 16.5. The number of nitrogens with zero attached hydrogens (tertiary/aromatic N) is 3. The van der Waals surface area contributed by atoms with E-state index in [9.17, 15) is 13.2 Å². The Morgan fingerprint density at radius 1 is 1.40 bits per heavy atom. The molecule has 4 rings (SSSR count). The highest BCUT2D eigenvalue weighted by Gasteiger charge is 2.28. The number of aryl methyl sites for hydroxylation is 1. The van der Waals surface area contributed by atoms with Gasteiger partial charge in [0.25, 0.3) is 5.91 Å². The Morgan fingerprint density at radius 2 is 2.23 bits per heavy atom. The molecule has 0 saturated carbocycles. The fourth-order valence-corrected chi connectivity index (χ4v) is 4.30. The fraction of sp³-hybridized carbons (Fsp3) is 0.350. The second-order valence-corrected chi connectivity index (χ2v) is 9.08. The van der Waals surface area contributed by atoms with Crippen molar-refractivity contribution in [2.24, 2.45) is 11.1 Å². The summed E-state index contributed by atoms with van der Waals surface area (Å²) >= 11 is 0. The monoisotopic (exact) mass is 429 g/mol. The zero-order valence-corrected chi connectivity index (χ0v) is 17.4. The second kappa shape index (κ2) is 8.04. The molecule has 30 heavy (non-hydrogen) atoms. The number of carbonyl (C=O) groups is 1. The quantitative estimate of drug-likeness (QED) is 0.618. The number of aromatic nitrogens is 3. The summed E-state index contributed by atoms with van der Waals surface area (Å²) in [6.07, 6.45) is 6.93. The molecule has 2 heterocycles. The van der Waals surface area contributed by atoms with E-state index >= 15 is 0 Å². The third-order valence-corrected chi connectivity index (χ3v) is 6.31. The van der Waals surface area contributed by atoms with Crippen molar-refractivity contribution in [2.45, 2.75) is 44.0 Å². The van der Waals surface area contributed by atoms with Crippen molar-refractivity contribution in [3.05, 3.63) is 59.2 Å². The summed E-state index contributed by atoms with van der Waals surface area (Å²) in [4.78, 5) is 12.8. The maximum atomic E-state index is 12.7. The first-order valence-electron chi connectivity index (χ1n) is 9.76. The molecule has 158 valence electrons. The fourth-order valence-electron chi connectivity index (χ4n) is 3.72. The van der Waals surface area contributed by atoms with Gasteiger partial charge in [0.15, 0.2) is 5.69 Å². The minimum atomic E-state index is -3.77. The lowest BCUT2D eigenvalue weighted by Crippen LogP contribution is -2.18. The van der Waals surface area contributed by atoms with Crippen LogP contribution in [-0.4, -0.2) is 29.3 Å². The molecular formula is C20H23N5O4S. The molecule has 3 N–H and O–H groups in total. The summed E-state index contributed by atoms with van der Waals surface area (Å²) in [6.45, 7) is 2.48. The summed E-state index contributed by atoms with van der Waals surface area (Å²) in [5.74, 6) is 1.02. The van der Waals surface area contributed by atoms with Gasteiger partial charge < -0.3 is 9.84 Å². The largest absolute Gasteiger partial charge is 0.360 e. The highest BCUT2D eigenvalue weighted by atomic mass is 32.2. The molecule has 10 heteroatoms. The SMILES string of the molecule is CCC1CCc2onc(C(=O)Nc3cnn(Cc4cccc(S(N)(=O)=O)c4)c3)c2C1. The van der Waals surface area contributed by atoms with Crippen molar-refractivity contribution in [3.8, 4) is 0 Å². The van der Waals surface area contributed by atoms with E-state index in [0.29, 0.717) is 23.8 Å². The number of primary sulfonamides is 1. The van der Waals surface area contributed by atoms with Crippen molar-refractivity contribution in [3.63, 3.8) is 0 Å². The molecule has 9 nitrogen and oxygen atoms in total. The van der Waals surface area contributed by atoms with Crippen LogP contribution in [0, 0.1) is 5.92 Å². The van der Waals surface area contributed by atoms with Crippen LogP contribution >= 0.6 is 0 Å². The molecule has 0 bridgehead atoms. The number of anilines is 1. The van der Waals surface area contributed by atoms with Crippen LogP contribution in [0.15, 0.2) is 46.1 Å². The van der Waals surface area contributed by atoms with Crippen LogP contribution in [-0.2, 0) is 29.4 Å². The summed E-state index contributed by atoms with van der Waals surface area (Å²) in [5, 5.41) is 16.2. The van der Waals surface area contributed by atoms with Gasteiger partial charge in [-0.3, -0.25) is 9.48 Å². The molecule has 1 amide bonds. The van der Waals surface area contributed by atoms with E-state index in [1.165, 1.54) is 18.3 Å². The van der Waals surface area contributed by atoms with Crippen molar-refractivity contribution >= 4 is 21.6 Å². The Hall–Kier alpha value is -2.98. The zero-order chi connectivity index (χ0) is 21.3. The maximum Gasteiger partial charge on any atom is 0.278 e. The summed E-state index contributed by atoms with van der Waals surface area (Å²) in [5.41, 5.74) is 2.47. The number of fused-ring (bicyclic) bond motifs is 1. The minimum absolute atomic E-state index is 0.0434. The number of sulfonamides is 1. The van der Waals surface area contributed by atoms with E-state index < -0.39 is 10.0 Å². The summed E-state index contributed by atoms with van der Waals surface area (Å²) in [7, 11) is -3.77. The number of hydrogen-bond acceptors (Lipinski definition) is 6. The van der Waals surface area contributed by atoms with Crippen molar-refractivity contribution in [2.75, 3.05) is 5.32 Å². The first kappa shape index (κ1) is 20.3. The predicted octanol–water partition coefficient (Wildman–Crippen LogP) is 2.33. The first-order valence-corrected chi connectivity index (χ1v) is 11.3. The van der Waals surface area contributed by atoms with Gasteiger partial charge in [0, 0.05) is 18.2 Å². The van der Waals surface area contributed by atoms with Crippen LogP contribution in [0.2, 0.25) is 0 Å². The smallest absolute Gasteiger partial charge is 0.278 e. The van der Waals surface area contributed by atoms with Crippen molar-refractivity contribution in [1.82, 2.24) is 14.9 Å². The van der Waals surface area contributed by atoms with Crippen LogP contribution in [0.3, 0.4) is 0 Å². The molecule has 0 aliphatic heterocycles. The number of nitrogens with two attached hydrogens (primary N) is 1. The Balaban J connectivity index is 1.46. The highest BCUT2D eigenvalue weighted by molar-refractivity contribution is 7.89. The van der Waals surface area contributed by atoms with Gasteiger partial charge >= 0.3 is 0 Å².